The van der Waals surface area contributed by atoms with Gasteiger partial charge in [-0.3, -0.25) is 4.79 Å². The highest BCUT2D eigenvalue weighted by molar-refractivity contribution is 8.00. The van der Waals surface area contributed by atoms with Crippen molar-refractivity contribution in [2.24, 2.45) is 0 Å². The summed E-state index contributed by atoms with van der Waals surface area (Å²) in [5.74, 6) is -0.925. The number of aliphatic carboxylic acids is 1. The van der Waals surface area contributed by atoms with Gasteiger partial charge < -0.3 is 20.1 Å². The molecule has 174 valence electrons. The molecule has 1 saturated heterocycles. The van der Waals surface area contributed by atoms with Crippen LogP contribution in [0, 0.1) is 0 Å². The van der Waals surface area contributed by atoms with Crippen molar-refractivity contribution >= 4 is 29.7 Å². The lowest BCUT2D eigenvalue weighted by Crippen LogP contribution is -2.47. The molecule has 3 atom stereocenters. The Labute approximate surface area is 197 Å². The lowest BCUT2D eigenvalue weighted by Gasteiger charge is -2.28. The van der Waals surface area contributed by atoms with Crippen LogP contribution >= 0.6 is 11.8 Å². The summed E-state index contributed by atoms with van der Waals surface area (Å²) in [7, 11) is 0. The number of thioether (sulfide) groups is 1. The standard InChI is InChI=1S/C25H28N2O5S/c1-3-23-27(21(14-33-23)24(29)30)22(28)12-15(2)26-25(31)32-13-20-18-10-6-4-8-16(18)17-9-5-7-11-19(17)20/h4-11,15,20-21,23H,3,12-14H2,1-2H3,(H,26,31)(H,29,30)/t15-,21?,23?/m0/s1. The molecule has 7 nitrogen and oxygen atoms in total. The van der Waals surface area contributed by atoms with Crippen molar-refractivity contribution in [2.75, 3.05) is 12.4 Å². The van der Waals surface area contributed by atoms with Gasteiger partial charge in [-0.05, 0) is 35.6 Å². The van der Waals surface area contributed by atoms with Crippen LogP contribution in [-0.4, -0.2) is 57.8 Å². The van der Waals surface area contributed by atoms with Gasteiger partial charge in [-0.1, -0.05) is 55.5 Å². The number of nitrogens with zero attached hydrogens (tertiary/aromatic N) is 1. The van der Waals surface area contributed by atoms with Gasteiger partial charge in [0.2, 0.25) is 5.91 Å². The van der Waals surface area contributed by atoms with E-state index in [-0.39, 0.29) is 30.2 Å². The van der Waals surface area contributed by atoms with Crippen molar-refractivity contribution in [1.82, 2.24) is 10.2 Å². The number of hydrogen-bond donors (Lipinski definition) is 2. The average Bonchev–Trinajstić information content (AvgIpc) is 3.37. The smallest absolute Gasteiger partial charge is 0.407 e. The number of ether oxygens (including phenoxy) is 1. The van der Waals surface area contributed by atoms with E-state index in [0.29, 0.717) is 12.2 Å². The minimum atomic E-state index is -0.996. The van der Waals surface area contributed by atoms with Crippen molar-refractivity contribution in [3.63, 3.8) is 0 Å². The van der Waals surface area contributed by atoms with Gasteiger partial charge in [0.05, 0.1) is 5.37 Å². The van der Waals surface area contributed by atoms with E-state index in [2.05, 4.69) is 29.6 Å². The number of hydrogen-bond acceptors (Lipinski definition) is 5. The number of carbonyl (C=O) groups excluding carboxylic acids is 2. The summed E-state index contributed by atoms with van der Waals surface area (Å²) >= 11 is 1.48. The number of nitrogens with one attached hydrogen (secondary N) is 1. The second-order valence-electron chi connectivity index (χ2n) is 8.43. The van der Waals surface area contributed by atoms with Crippen LogP contribution in [0.15, 0.2) is 48.5 Å². The first-order valence-electron chi connectivity index (χ1n) is 11.2. The third-order valence-electron chi connectivity index (χ3n) is 6.20. The Hall–Kier alpha value is -3.00. The first-order valence-corrected chi connectivity index (χ1v) is 12.2. The summed E-state index contributed by atoms with van der Waals surface area (Å²) in [6.45, 7) is 3.85. The second kappa shape index (κ2) is 9.87. The van der Waals surface area contributed by atoms with E-state index < -0.39 is 24.1 Å². The number of amides is 2. The minimum absolute atomic E-state index is 0.0189. The van der Waals surface area contributed by atoms with Crippen molar-refractivity contribution in [1.29, 1.82) is 0 Å². The molecule has 1 aliphatic heterocycles. The summed E-state index contributed by atoms with van der Waals surface area (Å²) in [5, 5.41) is 12.0. The van der Waals surface area contributed by atoms with Gasteiger partial charge in [-0.15, -0.1) is 11.8 Å². The van der Waals surface area contributed by atoms with E-state index in [1.54, 1.807) is 6.92 Å². The van der Waals surface area contributed by atoms with Crippen molar-refractivity contribution in [2.45, 2.75) is 50.1 Å². The highest BCUT2D eigenvalue weighted by Gasteiger charge is 2.41. The maximum absolute atomic E-state index is 12.8. The largest absolute Gasteiger partial charge is 0.480 e. The van der Waals surface area contributed by atoms with Gasteiger partial charge in [0, 0.05) is 24.1 Å². The Kier molecular flexibility index (Phi) is 6.93. The molecule has 2 amide bonds. The van der Waals surface area contributed by atoms with E-state index in [1.807, 2.05) is 31.2 Å². The maximum atomic E-state index is 12.8. The number of rotatable bonds is 7. The van der Waals surface area contributed by atoms with Crippen LogP contribution in [0.25, 0.3) is 11.1 Å². The van der Waals surface area contributed by atoms with Crippen molar-refractivity contribution in [3.05, 3.63) is 59.7 Å². The summed E-state index contributed by atoms with van der Waals surface area (Å²) in [6.07, 6.45) is 0.106. The highest BCUT2D eigenvalue weighted by Crippen LogP contribution is 2.44. The number of fused-ring (bicyclic) bond motifs is 3. The Morgan fingerprint density at radius 2 is 1.73 bits per heavy atom. The molecule has 0 aromatic heterocycles. The summed E-state index contributed by atoms with van der Waals surface area (Å²) in [4.78, 5) is 38.3. The number of carboxylic acids is 1. The average molecular weight is 469 g/mol. The zero-order chi connectivity index (χ0) is 23.5. The van der Waals surface area contributed by atoms with Crippen LogP contribution in [0.3, 0.4) is 0 Å². The zero-order valence-corrected chi connectivity index (χ0v) is 19.5. The molecule has 0 spiro atoms. The van der Waals surface area contributed by atoms with E-state index in [9.17, 15) is 19.5 Å². The quantitative estimate of drug-likeness (QED) is 0.636. The molecule has 1 heterocycles. The van der Waals surface area contributed by atoms with Crippen LogP contribution in [-0.2, 0) is 14.3 Å². The van der Waals surface area contributed by atoms with Crippen LogP contribution in [0.4, 0.5) is 4.79 Å². The van der Waals surface area contributed by atoms with Gasteiger partial charge in [-0.2, -0.15) is 0 Å². The van der Waals surface area contributed by atoms with E-state index in [1.165, 1.54) is 16.7 Å². The molecule has 2 aromatic rings. The Morgan fingerprint density at radius 1 is 1.12 bits per heavy atom. The molecule has 2 unspecified atom stereocenters. The molecule has 2 aromatic carbocycles. The predicted octanol–water partition coefficient (Wildman–Crippen LogP) is 4.07. The van der Waals surface area contributed by atoms with Crippen LogP contribution < -0.4 is 5.32 Å². The first kappa shape index (κ1) is 23.2. The molecule has 33 heavy (non-hydrogen) atoms. The van der Waals surface area contributed by atoms with Gasteiger partial charge >= 0.3 is 12.1 Å². The molecule has 1 fully saturated rings. The first-order chi connectivity index (χ1) is 15.9. The fourth-order valence-corrected chi connectivity index (χ4v) is 6.03. The fourth-order valence-electron chi connectivity index (χ4n) is 4.66. The third kappa shape index (κ3) is 4.71. The number of carboxylic acid groups (broad SMARTS) is 1. The molecular weight excluding hydrogens is 440 g/mol. The zero-order valence-electron chi connectivity index (χ0n) is 18.7. The third-order valence-corrected chi connectivity index (χ3v) is 7.66. The van der Waals surface area contributed by atoms with E-state index in [0.717, 1.165) is 22.3 Å². The molecule has 2 aliphatic rings. The van der Waals surface area contributed by atoms with E-state index >= 15 is 0 Å². The summed E-state index contributed by atoms with van der Waals surface area (Å²) in [6, 6.07) is 14.9. The summed E-state index contributed by atoms with van der Waals surface area (Å²) < 4.78 is 5.55. The Balaban J connectivity index is 1.34. The number of alkyl carbamates (subject to hydrolysis) is 1. The van der Waals surface area contributed by atoms with Crippen molar-refractivity contribution in [3.8, 4) is 11.1 Å². The molecule has 0 radical (unpaired) electrons. The molecule has 8 heteroatoms. The minimum Gasteiger partial charge on any atom is -0.480 e. The number of carbonyl (C=O) groups is 3. The molecule has 0 bridgehead atoms. The lowest BCUT2D eigenvalue weighted by molar-refractivity contribution is -0.149. The molecule has 2 N–H and O–H groups in total. The van der Waals surface area contributed by atoms with E-state index in [4.69, 9.17) is 4.74 Å². The fraction of sp³-hybridized carbons (Fsp3) is 0.400. The van der Waals surface area contributed by atoms with Gasteiger partial charge in [-0.25, -0.2) is 9.59 Å². The topological polar surface area (TPSA) is 95.9 Å². The van der Waals surface area contributed by atoms with Crippen LogP contribution in [0.5, 0.6) is 0 Å². The maximum Gasteiger partial charge on any atom is 0.407 e. The van der Waals surface area contributed by atoms with Gasteiger partial charge in [0.1, 0.15) is 12.6 Å². The second-order valence-corrected chi connectivity index (χ2v) is 9.64. The molecular formula is C25H28N2O5S. The SMILES string of the molecule is CCC1SCC(C(=O)O)N1C(=O)C[C@H](C)NC(=O)OCC1c2ccccc2-c2ccccc21. The Morgan fingerprint density at radius 3 is 2.30 bits per heavy atom. The monoisotopic (exact) mass is 468 g/mol. The van der Waals surface area contributed by atoms with Gasteiger partial charge in [0.15, 0.2) is 0 Å². The predicted molar refractivity (Wildman–Crippen MR) is 127 cm³/mol. The lowest BCUT2D eigenvalue weighted by atomic mass is 9.98. The normalized spacial score (nSPS) is 20.1. The Bertz CT molecular complexity index is 1010. The van der Waals surface area contributed by atoms with Crippen LogP contribution in [0.1, 0.15) is 43.7 Å². The highest BCUT2D eigenvalue weighted by atomic mass is 32.2. The molecule has 4 rings (SSSR count). The number of benzene rings is 2. The molecule has 1 aliphatic carbocycles. The van der Waals surface area contributed by atoms with Crippen LogP contribution in [0.2, 0.25) is 0 Å². The van der Waals surface area contributed by atoms with Crippen molar-refractivity contribution < 1.29 is 24.2 Å². The summed E-state index contributed by atoms with van der Waals surface area (Å²) in [5.41, 5.74) is 4.57. The van der Waals surface area contributed by atoms with Gasteiger partial charge in [0.25, 0.3) is 0 Å². The molecule has 0 saturated carbocycles.